The summed E-state index contributed by atoms with van der Waals surface area (Å²) in [6, 6.07) is 6.55. The van der Waals surface area contributed by atoms with Gasteiger partial charge in [-0.2, -0.15) is 0 Å². The molecule has 0 aliphatic carbocycles. The van der Waals surface area contributed by atoms with Crippen molar-refractivity contribution in [2.24, 2.45) is 5.92 Å². The lowest BCUT2D eigenvalue weighted by molar-refractivity contribution is -0.139. The molecule has 0 spiro atoms. The molecule has 2 N–H and O–H groups in total. The molecule has 2 unspecified atom stereocenters. The number of nitrogens with one attached hydrogen (secondary N) is 1. The summed E-state index contributed by atoms with van der Waals surface area (Å²) in [6.07, 6.45) is 4.56. The summed E-state index contributed by atoms with van der Waals surface area (Å²) in [7, 11) is 1.56. The highest BCUT2D eigenvalue weighted by Crippen LogP contribution is 2.25. The lowest BCUT2D eigenvalue weighted by atomic mass is 9.98. The number of carboxylic acid groups (broad SMARTS) is 1. The topological polar surface area (TPSA) is 58.6 Å². The van der Waals surface area contributed by atoms with Crippen molar-refractivity contribution in [2.45, 2.75) is 45.6 Å². The van der Waals surface area contributed by atoms with Crippen molar-refractivity contribution in [3.63, 3.8) is 0 Å². The molecule has 0 aliphatic heterocycles. The number of hydrogen-bond donors (Lipinski definition) is 2. The van der Waals surface area contributed by atoms with Crippen LogP contribution in [-0.2, 0) is 4.79 Å². The van der Waals surface area contributed by atoms with Crippen LogP contribution in [0.4, 0.5) is 0 Å². The summed E-state index contributed by atoms with van der Waals surface area (Å²) < 4.78 is 5.27. The highest BCUT2D eigenvalue weighted by Gasteiger charge is 2.23. The van der Waals surface area contributed by atoms with Gasteiger partial charge in [-0.3, -0.25) is 4.79 Å². The van der Waals surface area contributed by atoms with Gasteiger partial charge in [-0.15, -0.1) is 0 Å². The Morgan fingerprint density at radius 1 is 1.33 bits per heavy atom. The van der Waals surface area contributed by atoms with Crippen LogP contribution < -0.4 is 10.1 Å². The minimum Gasteiger partial charge on any atom is -0.496 e. The van der Waals surface area contributed by atoms with Gasteiger partial charge in [0.15, 0.2) is 0 Å². The predicted molar refractivity (Wildman–Crippen MR) is 84.7 cm³/mol. The van der Waals surface area contributed by atoms with Crippen LogP contribution in [-0.4, -0.2) is 24.7 Å². The monoisotopic (exact) mass is 293 g/mol. The largest absolute Gasteiger partial charge is 0.496 e. The van der Waals surface area contributed by atoms with Crippen LogP contribution in [0.1, 0.15) is 51.1 Å². The fourth-order valence-corrected chi connectivity index (χ4v) is 2.46. The lowest BCUT2D eigenvalue weighted by Crippen LogP contribution is -2.32. The number of benzene rings is 1. The number of carbonyl (C=O) groups is 1. The summed E-state index contributed by atoms with van der Waals surface area (Å²) in [5.41, 5.74) is 0.679. The van der Waals surface area contributed by atoms with E-state index < -0.39 is 12.0 Å². The van der Waals surface area contributed by atoms with E-state index in [1.807, 2.05) is 12.1 Å². The summed E-state index contributed by atoms with van der Waals surface area (Å²) >= 11 is 0. The molecule has 1 rings (SSSR count). The van der Waals surface area contributed by atoms with E-state index in [0.29, 0.717) is 23.8 Å². The van der Waals surface area contributed by atoms with Crippen LogP contribution in [0.2, 0.25) is 0 Å². The second-order valence-corrected chi connectivity index (χ2v) is 5.34. The molecule has 118 valence electrons. The van der Waals surface area contributed by atoms with Gasteiger partial charge >= 0.3 is 5.97 Å². The van der Waals surface area contributed by atoms with Gasteiger partial charge in [0.1, 0.15) is 11.8 Å². The van der Waals surface area contributed by atoms with Gasteiger partial charge in [-0.25, -0.2) is 0 Å². The Balaban J connectivity index is 2.76. The first kappa shape index (κ1) is 17.5. The molecule has 4 nitrogen and oxygen atoms in total. The maximum atomic E-state index is 11.6. The van der Waals surface area contributed by atoms with E-state index in [2.05, 4.69) is 19.2 Å². The molecule has 21 heavy (non-hydrogen) atoms. The minimum atomic E-state index is -0.871. The van der Waals surface area contributed by atoms with E-state index in [9.17, 15) is 9.90 Å². The van der Waals surface area contributed by atoms with Crippen molar-refractivity contribution >= 4 is 5.97 Å². The van der Waals surface area contributed by atoms with E-state index >= 15 is 0 Å². The van der Waals surface area contributed by atoms with Crippen molar-refractivity contribution in [1.29, 1.82) is 0 Å². The van der Waals surface area contributed by atoms with Crippen LogP contribution >= 0.6 is 0 Å². The number of rotatable bonds is 10. The van der Waals surface area contributed by atoms with Crippen LogP contribution in [0, 0.1) is 5.92 Å². The molecule has 0 aliphatic rings. The molecule has 0 saturated carbocycles. The minimum absolute atomic E-state index is 0.515. The fraction of sp³-hybridized carbons (Fsp3) is 0.588. The number of carboxylic acids is 1. The Kier molecular flexibility index (Phi) is 7.83. The number of methoxy groups -OCH3 is 1. The van der Waals surface area contributed by atoms with Crippen molar-refractivity contribution in [2.75, 3.05) is 13.7 Å². The standard InChI is InChI=1S/C17H27NO3/c1-4-6-9-13(5-2)12-18-16(17(19)20)14-10-7-8-11-15(14)21-3/h7-8,10-11,13,16,18H,4-6,9,12H2,1-3H3,(H,19,20). The van der Waals surface area contributed by atoms with Crippen molar-refractivity contribution < 1.29 is 14.6 Å². The molecule has 0 bridgehead atoms. The predicted octanol–water partition coefficient (Wildman–Crippen LogP) is 3.63. The van der Waals surface area contributed by atoms with Gasteiger partial charge in [-0.1, -0.05) is 51.3 Å². The third-order valence-electron chi connectivity index (χ3n) is 3.85. The highest BCUT2D eigenvalue weighted by molar-refractivity contribution is 5.76. The zero-order chi connectivity index (χ0) is 15.7. The number of para-hydroxylation sites is 1. The van der Waals surface area contributed by atoms with E-state index in [0.717, 1.165) is 12.8 Å². The van der Waals surface area contributed by atoms with Crippen LogP contribution in [0.25, 0.3) is 0 Å². The summed E-state index contributed by atoms with van der Waals surface area (Å²) in [4.78, 5) is 11.6. The van der Waals surface area contributed by atoms with Crippen molar-refractivity contribution in [3.05, 3.63) is 29.8 Å². The SMILES string of the molecule is CCCCC(CC)CNC(C(=O)O)c1ccccc1OC. The van der Waals surface area contributed by atoms with Crippen LogP contribution in [0.3, 0.4) is 0 Å². The van der Waals surface area contributed by atoms with Gasteiger partial charge in [0.05, 0.1) is 7.11 Å². The van der Waals surface area contributed by atoms with E-state index in [1.165, 1.54) is 12.8 Å². The number of hydrogen-bond acceptors (Lipinski definition) is 3. The zero-order valence-corrected chi connectivity index (χ0v) is 13.3. The molecular formula is C17H27NO3. The quantitative estimate of drug-likeness (QED) is 0.691. The Morgan fingerprint density at radius 3 is 2.62 bits per heavy atom. The summed E-state index contributed by atoms with van der Waals surface area (Å²) in [6.45, 7) is 5.04. The Morgan fingerprint density at radius 2 is 2.05 bits per heavy atom. The molecule has 0 saturated heterocycles. The molecule has 0 radical (unpaired) electrons. The fourth-order valence-electron chi connectivity index (χ4n) is 2.46. The average molecular weight is 293 g/mol. The van der Waals surface area contributed by atoms with Crippen LogP contribution in [0.15, 0.2) is 24.3 Å². The maximum Gasteiger partial charge on any atom is 0.325 e. The highest BCUT2D eigenvalue weighted by atomic mass is 16.5. The Hall–Kier alpha value is -1.55. The molecule has 2 atom stereocenters. The maximum absolute atomic E-state index is 11.6. The first-order valence-corrected chi connectivity index (χ1v) is 7.73. The van der Waals surface area contributed by atoms with Gasteiger partial charge in [-0.05, 0) is 24.9 Å². The molecule has 1 aromatic carbocycles. The normalized spacial score (nSPS) is 13.7. The Bertz CT molecular complexity index is 434. The third kappa shape index (κ3) is 5.38. The smallest absolute Gasteiger partial charge is 0.325 e. The zero-order valence-electron chi connectivity index (χ0n) is 13.3. The van der Waals surface area contributed by atoms with Gasteiger partial charge < -0.3 is 15.2 Å². The van der Waals surface area contributed by atoms with Gasteiger partial charge in [0, 0.05) is 5.56 Å². The van der Waals surface area contributed by atoms with E-state index in [1.54, 1.807) is 19.2 Å². The molecule has 1 aromatic rings. The first-order chi connectivity index (χ1) is 10.1. The summed E-state index contributed by atoms with van der Waals surface area (Å²) in [5.74, 6) is 0.255. The van der Waals surface area contributed by atoms with E-state index in [4.69, 9.17) is 4.74 Å². The second kappa shape index (κ2) is 9.40. The molecule has 0 amide bonds. The lowest BCUT2D eigenvalue weighted by Gasteiger charge is -2.21. The number of unbranched alkanes of at least 4 members (excludes halogenated alkanes) is 1. The van der Waals surface area contributed by atoms with Gasteiger partial charge in [0.2, 0.25) is 0 Å². The molecule has 4 heteroatoms. The number of aliphatic carboxylic acids is 1. The average Bonchev–Trinajstić information content (AvgIpc) is 2.50. The van der Waals surface area contributed by atoms with Crippen molar-refractivity contribution in [3.8, 4) is 5.75 Å². The van der Waals surface area contributed by atoms with E-state index in [-0.39, 0.29) is 0 Å². The molecular weight excluding hydrogens is 266 g/mol. The molecule has 0 aromatic heterocycles. The molecule has 0 fully saturated rings. The number of ether oxygens (including phenoxy) is 1. The third-order valence-corrected chi connectivity index (χ3v) is 3.85. The van der Waals surface area contributed by atoms with Crippen molar-refractivity contribution in [1.82, 2.24) is 5.32 Å². The van der Waals surface area contributed by atoms with Gasteiger partial charge in [0.25, 0.3) is 0 Å². The second-order valence-electron chi connectivity index (χ2n) is 5.34. The van der Waals surface area contributed by atoms with Crippen LogP contribution in [0.5, 0.6) is 5.75 Å². The first-order valence-electron chi connectivity index (χ1n) is 7.73. The summed E-state index contributed by atoms with van der Waals surface area (Å²) in [5, 5.41) is 12.7. The Labute approximate surface area is 127 Å². The molecule has 0 heterocycles.